The van der Waals surface area contributed by atoms with Gasteiger partial charge in [-0.3, -0.25) is 0 Å². The number of nitrogens with one attached hydrogen (secondary N) is 1. The van der Waals surface area contributed by atoms with E-state index in [-0.39, 0.29) is 5.54 Å². The molecule has 1 unspecified atom stereocenters. The molecule has 0 amide bonds. The molecular formula is C20H33N. The fraction of sp³-hybridized carbons (Fsp3) is 0.700. The quantitative estimate of drug-likeness (QED) is 0.726. The van der Waals surface area contributed by atoms with Gasteiger partial charge >= 0.3 is 0 Å². The molecular weight excluding hydrogens is 254 g/mol. The van der Waals surface area contributed by atoms with E-state index in [2.05, 4.69) is 56.4 Å². The van der Waals surface area contributed by atoms with Crippen LogP contribution in [0.4, 0.5) is 0 Å². The molecule has 0 saturated heterocycles. The molecule has 1 N–H and O–H groups in total. The van der Waals surface area contributed by atoms with Gasteiger partial charge in [0.2, 0.25) is 0 Å². The molecule has 0 radical (unpaired) electrons. The first kappa shape index (κ1) is 16.5. The Morgan fingerprint density at radius 3 is 2.38 bits per heavy atom. The van der Waals surface area contributed by atoms with Crippen LogP contribution in [0.15, 0.2) is 30.3 Å². The monoisotopic (exact) mass is 287 g/mol. The van der Waals surface area contributed by atoms with Crippen LogP contribution in [0.25, 0.3) is 0 Å². The van der Waals surface area contributed by atoms with Crippen LogP contribution in [0.3, 0.4) is 0 Å². The summed E-state index contributed by atoms with van der Waals surface area (Å²) in [5.74, 6) is 1.84. The van der Waals surface area contributed by atoms with Gasteiger partial charge in [0.1, 0.15) is 0 Å². The Morgan fingerprint density at radius 2 is 1.76 bits per heavy atom. The Labute approximate surface area is 131 Å². The molecule has 1 fully saturated rings. The van der Waals surface area contributed by atoms with E-state index in [1.165, 1.54) is 57.1 Å². The topological polar surface area (TPSA) is 12.0 Å². The van der Waals surface area contributed by atoms with Gasteiger partial charge in [0, 0.05) is 5.54 Å². The van der Waals surface area contributed by atoms with Crippen LogP contribution >= 0.6 is 0 Å². The molecule has 0 bridgehead atoms. The lowest BCUT2D eigenvalue weighted by Gasteiger charge is -2.29. The second kappa shape index (κ2) is 7.98. The molecule has 0 aliphatic heterocycles. The first-order valence-electron chi connectivity index (χ1n) is 8.83. The molecule has 1 aromatic rings. The van der Waals surface area contributed by atoms with Gasteiger partial charge < -0.3 is 5.32 Å². The van der Waals surface area contributed by atoms with E-state index >= 15 is 0 Å². The maximum absolute atomic E-state index is 3.75. The van der Waals surface area contributed by atoms with E-state index in [0.717, 1.165) is 11.8 Å². The molecule has 1 atom stereocenters. The van der Waals surface area contributed by atoms with Crippen molar-refractivity contribution >= 4 is 0 Å². The van der Waals surface area contributed by atoms with Crippen molar-refractivity contribution in [2.24, 2.45) is 11.8 Å². The Morgan fingerprint density at radius 1 is 1.10 bits per heavy atom. The third kappa shape index (κ3) is 6.22. The standard InChI is InChI=1S/C20H33N/c1-20(2,3)21-16-19(18-13-7-8-14-18)15-9-12-17-10-5-4-6-11-17/h4-6,10-11,18-19,21H,7-9,12-16H2,1-3H3. The number of aryl methyl sites for hydroxylation is 1. The van der Waals surface area contributed by atoms with E-state index in [0.29, 0.717) is 0 Å². The van der Waals surface area contributed by atoms with Gasteiger partial charge in [0.15, 0.2) is 0 Å². The third-order valence-corrected chi connectivity index (χ3v) is 4.84. The number of benzene rings is 1. The lowest BCUT2D eigenvalue weighted by atomic mass is 9.85. The molecule has 21 heavy (non-hydrogen) atoms. The molecule has 0 heterocycles. The number of hydrogen-bond acceptors (Lipinski definition) is 1. The zero-order chi connectivity index (χ0) is 15.1. The largest absolute Gasteiger partial charge is 0.312 e. The summed E-state index contributed by atoms with van der Waals surface area (Å²) < 4.78 is 0. The number of hydrogen-bond donors (Lipinski definition) is 1. The van der Waals surface area contributed by atoms with Crippen molar-refractivity contribution in [3.05, 3.63) is 35.9 Å². The summed E-state index contributed by atoms with van der Waals surface area (Å²) in [5, 5.41) is 3.75. The van der Waals surface area contributed by atoms with Crippen molar-refractivity contribution in [3.63, 3.8) is 0 Å². The molecule has 0 aromatic heterocycles. The Hall–Kier alpha value is -0.820. The van der Waals surface area contributed by atoms with Gasteiger partial charge in [-0.2, -0.15) is 0 Å². The third-order valence-electron chi connectivity index (χ3n) is 4.84. The average molecular weight is 287 g/mol. The molecule has 1 aliphatic rings. The van der Waals surface area contributed by atoms with Crippen molar-refractivity contribution in [2.75, 3.05) is 6.54 Å². The van der Waals surface area contributed by atoms with Crippen LogP contribution in [0.2, 0.25) is 0 Å². The minimum Gasteiger partial charge on any atom is -0.312 e. The minimum atomic E-state index is 0.246. The van der Waals surface area contributed by atoms with E-state index in [1.807, 2.05) is 0 Å². The number of rotatable bonds is 7. The summed E-state index contributed by atoms with van der Waals surface area (Å²) in [6.45, 7) is 8.04. The summed E-state index contributed by atoms with van der Waals surface area (Å²) in [6, 6.07) is 10.9. The molecule has 1 heteroatoms. The highest BCUT2D eigenvalue weighted by molar-refractivity contribution is 5.14. The predicted octanol–water partition coefficient (Wildman–Crippen LogP) is 5.20. The SMILES string of the molecule is CC(C)(C)NCC(CCCc1ccccc1)C1CCCC1. The van der Waals surface area contributed by atoms with Crippen LogP contribution in [-0.4, -0.2) is 12.1 Å². The smallest absolute Gasteiger partial charge is 0.00966 e. The van der Waals surface area contributed by atoms with Gasteiger partial charge in [-0.05, 0) is 64.0 Å². The predicted molar refractivity (Wildman–Crippen MR) is 92.6 cm³/mol. The Balaban J connectivity index is 1.80. The van der Waals surface area contributed by atoms with E-state index < -0.39 is 0 Å². The molecule has 0 spiro atoms. The van der Waals surface area contributed by atoms with Gasteiger partial charge in [-0.1, -0.05) is 56.0 Å². The van der Waals surface area contributed by atoms with Crippen molar-refractivity contribution < 1.29 is 0 Å². The zero-order valence-corrected chi connectivity index (χ0v) is 14.2. The average Bonchev–Trinajstić information content (AvgIpc) is 2.96. The van der Waals surface area contributed by atoms with Crippen LogP contribution in [0, 0.1) is 11.8 Å². The Kier molecular flexibility index (Phi) is 6.29. The van der Waals surface area contributed by atoms with Crippen LogP contribution in [-0.2, 0) is 6.42 Å². The van der Waals surface area contributed by atoms with Gasteiger partial charge in [0.05, 0.1) is 0 Å². The van der Waals surface area contributed by atoms with Gasteiger partial charge in [-0.15, -0.1) is 0 Å². The first-order valence-corrected chi connectivity index (χ1v) is 8.83. The lowest BCUT2D eigenvalue weighted by Crippen LogP contribution is -2.40. The molecule has 118 valence electrons. The Bertz CT molecular complexity index is 384. The second-order valence-electron chi connectivity index (χ2n) is 7.81. The summed E-state index contributed by atoms with van der Waals surface area (Å²) in [7, 11) is 0. The summed E-state index contributed by atoms with van der Waals surface area (Å²) in [5.41, 5.74) is 1.74. The highest BCUT2D eigenvalue weighted by Gasteiger charge is 2.25. The maximum Gasteiger partial charge on any atom is 0.00966 e. The fourth-order valence-corrected chi connectivity index (χ4v) is 3.58. The molecule has 1 aliphatic carbocycles. The van der Waals surface area contributed by atoms with Crippen molar-refractivity contribution in [1.29, 1.82) is 0 Å². The van der Waals surface area contributed by atoms with Crippen molar-refractivity contribution in [3.8, 4) is 0 Å². The summed E-state index contributed by atoms with van der Waals surface area (Å²) in [6.07, 6.45) is 9.77. The zero-order valence-electron chi connectivity index (χ0n) is 14.2. The van der Waals surface area contributed by atoms with Crippen LogP contribution in [0.5, 0.6) is 0 Å². The summed E-state index contributed by atoms with van der Waals surface area (Å²) >= 11 is 0. The highest BCUT2D eigenvalue weighted by Crippen LogP contribution is 2.34. The lowest BCUT2D eigenvalue weighted by molar-refractivity contribution is 0.270. The normalized spacial score (nSPS) is 18.0. The van der Waals surface area contributed by atoms with Crippen molar-refractivity contribution in [1.82, 2.24) is 5.32 Å². The van der Waals surface area contributed by atoms with Crippen LogP contribution < -0.4 is 5.32 Å². The van der Waals surface area contributed by atoms with Crippen molar-refractivity contribution in [2.45, 2.75) is 71.3 Å². The van der Waals surface area contributed by atoms with E-state index in [1.54, 1.807) is 0 Å². The summed E-state index contributed by atoms with van der Waals surface area (Å²) in [4.78, 5) is 0. The van der Waals surface area contributed by atoms with E-state index in [4.69, 9.17) is 0 Å². The molecule has 1 nitrogen and oxygen atoms in total. The first-order chi connectivity index (χ1) is 10.0. The maximum atomic E-state index is 3.75. The molecule has 2 rings (SSSR count). The minimum absolute atomic E-state index is 0.246. The van der Waals surface area contributed by atoms with E-state index in [9.17, 15) is 0 Å². The van der Waals surface area contributed by atoms with Gasteiger partial charge in [-0.25, -0.2) is 0 Å². The fourth-order valence-electron chi connectivity index (χ4n) is 3.58. The molecule has 1 aromatic carbocycles. The highest BCUT2D eigenvalue weighted by atomic mass is 14.9. The van der Waals surface area contributed by atoms with Gasteiger partial charge in [0.25, 0.3) is 0 Å². The second-order valence-corrected chi connectivity index (χ2v) is 7.81. The molecule has 1 saturated carbocycles. The van der Waals surface area contributed by atoms with Crippen LogP contribution in [0.1, 0.15) is 64.9 Å².